The minimum Gasteiger partial charge on any atom is -0.480 e. The Morgan fingerprint density at radius 2 is 1.89 bits per heavy atom. The number of carbonyl (C=O) groups excluding carboxylic acids is 1. The lowest BCUT2D eigenvalue weighted by Gasteiger charge is -2.44. The van der Waals surface area contributed by atoms with Crippen molar-refractivity contribution in [3.05, 3.63) is 90.1 Å². The summed E-state index contributed by atoms with van der Waals surface area (Å²) in [4.78, 5) is 33.4. The van der Waals surface area contributed by atoms with Gasteiger partial charge in [-0.3, -0.25) is 14.3 Å². The van der Waals surface area contributed by atoms with Crippen LogP contribution in [0.3, 0.4) is 0 Å². The first-order valence-corrected chi connectivity index (χ1v) is 12.9. The number of benzene rings is 2. The summed E-state index contributed by atoms with van der Waals surface area (Å²) in [7, 11) is 0. The Morgan fingerprint density at radius 3 is 2.58 bits per heavy atom. The van der Waals surface area contributed by atoms with Crippen molar-refractivity contribution in [2.45, 2.75) is 44.6 Å². The number of pyridine rings is 1. The molecule has 2 aliphatic carbocycles. The van der Waals surface area contributed by atoms with E-state index in [1.54, 1.807) is 24.5 Å². The van der Waals surface area contributed by atoms with E-state index >= 15 is 0 Å². The molecule has 0 saturated heterocycles. The first kappa shape index (κ1) is 24.0. The second-order valence-corrected chi connectivity index (χ2v) is 10.1. The Morgan fingerprint density at radius 1 is 1.11 bits per heavy atom. The fraction of sp³-hybridized carbons (Fsp3) is 0.267. The topological polar surface area (TPSA) is 97.1 Å². The molecule has 2 aliphatic rings. The zero-order valence-electron chi connectivity index (χ0n) is 20.7. The van der Waals surface area contributed by atoms with Crippen LogP contribution in [-0.4, -0.2) is 37.4 Å². The summed E-state index contributed by atoms with van der Waals surface area (Å²) in [6.07, 6.45) is 9.89. The summed E-state index contributed by atoms with van der Waals surface area (Å²) in [6, 6.07) is 15.0. The number of hydrogen-bond donors (Lipinski definition) is 2. The number of carboxylic acids is 1. The number of imidazole rings is 1. The molecule has 192 valence electrons. The van der Waals surface area contributed by atoms with Crippen LogP contribution >= 0.6 is 0 Å². The van der Waals surface area contributed by atoms with E-state index in [0.717, 1.165) is 60.1 Å². The maximum Gasteiger partial charge on any atom is 0.326 e. The monoisotopic (exact) mass is 510 g/mol. The highest BCUT2D eigenvalue weighted by Gasteiger charge is 2.49. The Kier molecular flexibility index (Phi) is 6.02. The number of hydrogen-bond acceptors (Lipinski definition) is 5. The summed E-state index contributed by atoms with van der Waals surface area (Å²) in [5.41, 5.74) is 3.99. The minimum atomic E-state index is -0.957. The van der Waals surface area contributed by atoms with Gasteiger partial charge in [0.2, 0.25) is 0 Å². The molecular formula is C30H27FN4O3. The largest absolute Gasteiger partial charge is 0.480 e. The van der Waals surface area contributed by atoms with Crippen molar-refractivity contribution >= 4 is 22.8 Å². The fourth-order valence-corrected chi connectivity index (χ4v) is 5.72. The number of carbonyl (C=O) groups is 2. The summed E-state index contributed by atoms with van der Waals surface area (Å²) in [5.74, 6) is -0.566. The van der Waals surface area contributed by atoms with Crippen LogP contribution in [0.25, 0.3) is 28.1 Å². The van der Waals surface area contributed by atoms with Crippen molar-refractivity contribution in [2.24, 2.45) is 5.41 Å². The third-order valence-corrected chi connectivity index (χ3v) is 7.77. The van der Waals surface area contributed by atoms with Crippen molar-refractivity contribution in [1.82, 2.24) is 19.9 Å². The van der Waals surface area contributed by atoms with Gasteiger partial charge in [0.25, 0.3) is 0 Å². The molecule has 1 atom stereocenters. The number of nitrogens with one attached hydrogen (secondary N) is 1. The van der Waals surface area contributed by atoms with Gasteiger partial charge in [0.05, 0.1) is 16.4 Å². The summed E-state index contributed by atoms with van der Waals surface area (Å²) >= 11 is 0. The van der Waals surface area contributed by atoms with E-state index in [1.165, 1.54) is 12.1 Å². The number of ketones is 1. The Labute approximate surface area is 219 Å². The molecule has 6 rings (SSSR count). The van der Waals surface area contributed by atoms with Crippen LogP contribution in [0.2, 0.25) is 0 Å². The van der Waals surface area contributed by atoms with Gasteiger partial charge in [0.1, 0.15) is 17.7 Å². The van der Waals surface area contributed by atoms with E-state index in [-0.39, 0.29) is 18.0 Å². The van der Waals surface area contributed by atoms with Crippen LogP contribution in [0, 0.1) is 11.2 Å². The lowest BCUT2D eigenvalue weighted by molar-refractivity contribution is -0.140. The highest BCUT2D eigenvalue weighted by Crippen LogP contribution is 2.48. The van der Waals surface area contributed by atoms with E-state index < -0.39 is 17.4 Å². The van der Waals surface area contributed by atoms with E-state index in [2.05, 4.69) is 15.3 Å². The van der Waals surface area contributed by atoms with Gasteiger partial charge < -0.3 is 10.4 Å². The van der Waals surface area contributed by atoms with Gasteiger partial charge in [0, 0.05) is 47.9 Å². The molecule has 2 N–H and O–H groups in total. The number of aliphatic carboxylic acids is 1. The molecule has 1 fully saturated rings. The van der Waals surface area contributed by atoms with Crippen LogP contribution in [0.4, 0.5) is 4.39 Å². The number of rotatable bonds is 7. The smallest absolute Gasteiger partial charge is 0.326 e. The molecule has 0 radical (unpaired) electrons. The van der Waals surface area contributed by atoms with Gasteiger partial charge in [-0.2, -0.15) is 0 Å². The lowest BCUT2D eigenvalue weighted by atomic mass is 9.62. The van der Waals surface area contributed by atoms with Gasteiger partial charge >= 0.3 is 5.97 Å². The normalized spacial score (nSPS) is 17.2. The minimum absolute atomic E-state index is 0.116. The Hall–Kier alpha value is -4.33. The molecule has 8 heteroatoms. The van der Waals surface area contributed by atoms with Crippen molar-refractivity contribution < 1.29 is 19.1 Å². The molecule has 2 aromatic carbocycles. The first-order chi connectivity index (χ1) is 18.4. The highest BCUT2D eigenvalue weighted by molar-refractivity contribution is 6.05. The standard InChI is InChI=1S/C30H27FN4O3/c31-21-8-11-25-23(16-21)34-28(20-5-4-14-32-18-20)35(25)22-9-6-19(7-10-22)15-24(29(37)38)33-26-17-27(36)30(26)12-2-1-3-13-30/h4-11,14,16-18,24,33H,1-3,12-13,15H2,(H,37,38)/t24-/m0/s1. The number of aromatic nitrogens is 3. The van der Waals surface area contributed by atoms with Gasteiger partial charge in [-0.15, -0.1) is 0 Å². The second kappa shape index (κ2) is 9.52. The molecule has 0 aliphatic heterocycles. The van der Waals surface area contributed by atoms with Crippen molar-refractivity contribution in [3.63, 3.8) is 0 Å². The predicted octanol–water partition coefficient (Wildman–Crippen LogP) is 5.23. The molecule has 2 aromatic heterocycles. The zero-order chi connectivity index (χ0) is 26.3. The molecule has 2 heterocycles. The molecular weight excluding hydrogens is 483 g/mol. The second-order valence-electron chi connectivity index (χ2n) is 10.1. The quantitative estimate of drug-likeness (QED) is 0.353. The molecule has 38 heavy (non-hydrogen) atoms. The average Bonchev–Trinajstić information content (AvgIpc) is 3.32. The highest BCUT2D eigenvalue weighted by atomic mass is 19.1. The zero-order valence-corrected chi connectivity index (χ0v) is 20.7. The van der Waals surface area contributed by atoms with E-state index in [1.807, 2.05) is 41.0 Å². The molecule has 7 nitrogen and oxygen atoms in total. The third-order valence-electron chi connectivity index (χ3n) is 7.77. The van der Waals surface area contributed by atoms with Crippen LogP contribution in [0.5, 0.6) is 0 Å². The van der Waals surface area contributed by atoms with Crippen LogP contribution in [0.1, 0.15) is 37.7 Å². The Bertz CT molecular complexity index is 1550. The fourth-order valence-electron chi connectivity index (χ4n) is 5.72. The number of allylic oxidation sites excluding steroid dienone is 2. The van der Waals surface area contributed by atoms with E-state index in [0.29, 0.717) is 11.3 Å². The van der Waals surface area contributed by atoms with Crippen LogP contribution < -0.4 is 5.32 Å². The van der Waals surface area contributed by atoms with E-state index in [4.69, 9.17) is 0 Å². The maximum absolute atomic E-state index is 13.9. The lowest BCUT2D eigenvalue weighted by Crippen LogP contribution is -2.51. The molecule has 0 amide bonds. The Balaban J connectivity index is 1.28. The summed E-state index contributed by atoms with van der Waals surface area (Å²) in [5, 5.41) is 13.1. The molecule has 0 bridgehead atoms. The molecule has 1 saturated carbocycles. The number of nitrogens with zero attached hydrogens (tertiary/aromatic N) is 3. The summed E-state index contributed by atoms with van der Waals surface area (Å²) < 4.78 is 15.9. The average molecular weight is 511 g/mol. The van der Waals surface area contributed by atoms with Gasteiger partial charge in [-0.05, 0) is 54.8 Å². The summed E-state index contributed by atoms with van der Waals surface area (Å²) in [6.45, 7) is 0. The number of halogens is 1. The molecule has 0 unspecified atom stereocenters. The number of fused-ring (bicyclic) bond motifs is 1. The van der Waals surface area contributed by atoms with Crippen molar-refractivity contribution in [3.8, 4) is 17.1 Å². The van der Waals surface area contributed by atoms with Crippen molar-refractivity contribution in [2.75, 3.05) is 0 Å². The van der Waals surface area contributed by atoms with Gasteiger partial charge in [-0.1, -0.05) is 31.4 Å². The van der Waals surface area contributed by atoms with Crippen LogP contribution in [0.15, 0.2) is 78.8 Å². The maximum atomic E-state index is 13.9. The van der Waals surface area contributed by atoms with Gasteiger partial charge in [0.15, 0.2) is 5.78 Å². The van der Waals surface area contributed by atoms with Crippen LogP contribution in [-0.2, 0) is 16.0 Å². The third kappa shape index (κ3) is 4.16. The SMILES string of the molecule is O=C(O)[C@H](Cc1ccc(-n2c(-c3cccnc3)nc3cc(F)ccc32)cc1)NC1=CC(=O)C12CCCCC2. The van der Waals surface area contributed by atoms with E-state index in [9.17, 15) is 19.1 Å². The van der Waals surface area contributed by atoms with Crippen molar-refractivity contribution in [1.29, 1.82) is 0 Å². The molecule has 4 aromatic rings. The molecule has 1 spiro atoms. The predicted molar refractivity (Wildman–Crippen MR) is 141 cm³/mol. The number of carboxylic acid groups (broad SMARTS) is 1. The first-order valence-electron chi connectivity index (χ1n) is 12.9. The van der Waals surface area contributed by atoms with Gasteiger partial charge in [-0.25, -0.2) is 14.2 Å².